The topological polar surface area (TPSA) is 99.7 Å². The van der Waals surface area contributed by atoms with Crippen LogP contribution >= 0.6 is 11.3 Å². The second-order valence-corrected chi connectivity index (χ2v) is 9.55. The summed E-state index contributed by atoms with van der Waals surface area (Å²) < 4.78 is 5.77. The van der Waals surface area contributed by atoms with Crippen molar-refractivity contribution in [1.29, 1.82) is 0 Å². The summed E-state index contributed by atoms with van der Waals surface area (Å²) in [5.74, 6) is 0.297. The number of nitrogens with one attached hydrogen (secondary N) is 2. The van der Waals surface area contributed by atoms with E-state index in [0.717, 1.165) is 44.0 Å². The number of nitrogens with zero attached hydrogens (tertiary/aromatic N) is 4. The lowest BCUT2D eigenvalue weighted by Crippen LogP contribution is -2.46. The summed E-state index contributed by atoms with van der Waals surface area (Å²) in [6.45, 7) is 7.82. The quantitative estimate of drug-likeness (QED) is 0.472. The number of aryl methyl sites for hydroxylation is 1. The Morgan fingerprint density at radius 1 is 1.00 bits per heavy atom. The highest BCUT2D eigenvalue weighted by Crippen LogP contribution is 2.20. The maximum atomic E-state index is 12.6. The highest BCUT2D eigenvalue weighted by Gasteiger charge is 2.15. The molecule has 2 amide bonds. The highest BCUT2D eigenvalue weighted by molar-refractivity contribution is 7.13. The van der Waals surface area contributed by atoms with E-state index in [0.29, 0.717) is 22.8 Å². The maximum absolute atomic E-state index is 12.6. The Labute approximate surface area is 209 Å². The van der Waals surface area contributed by atoms with E-state index in [9.17, 15) is 9.59 Å². The SMILES string of the molecule is Cc1ccccc1OCc1nnc(C(=O)Nc2ccc(C(=O)NCCN3CCN(C)CC3)cc2)s1. The van der Waals surface area contributed by atoms with E-state index in [1.54, 1.807) is 24.3 Å². The molecule has 0 unspecified atom stereocenters. The van der Waals surface area contributed by atoms with Crippen molar-refractivity contribution in [3.63, 3.8) is 0 Å². The van der Waals surface area contributed by atoms with Gasteiger partial charge >= 0.3 is 0 Å². The first-order valence-corrected chi connectivity index (χ1v) is 12.4. The second-order valence-electron chi connectivity index (χ2n) is 8.49. The Bertz CT molecular complexity index is 1140. The van der Waals surface area contributed by atoms with E-state index in [4.69, 9.17) is 4.74 Å². The van der Waals surface area contributed by atoms with Gasteiger partial charge in [-0.1, -0.05) is 29.5 Å². The maximum Gasteiger partial charge on any atom is 0.286 e. The Morgan fingerprint density at radius 3 is 2.49 bits per heavy atom. The van der Waals surface area contributed by atoms with Gasteiger partial charge in [0.05, 0.1) is 0 Å². The number of likely N-dealkylation sites (N-methyl/N-ethyl adjacent to an activating group) is 1. The van der Waals surface area contributed by atoms with Crippen LogP contribution in [0.4, 0.5) is 5.69 Å². The number of para-hydroxylation sites is 1. The van der Waals surface area contributed by atoms with E-state index in [1.165, 1.54) is 11.3 Å². The molecule has 0 atom stereocenters. The number of hydrogen-bond donors (Lipinski definition) is 2. The predicted octanol–water partition coefficient (Wildman–Crippen LogP) is 2.66. The van der Waals surface area contributed by atoms with E-state index in [1.807, 2.05) is 31.2 Å². The predicted molar refractivity (Wildman–Crippen MR) is 136 cm³/mol. The molecule has 3 aromatic rings. The standard InChI is InChI=1S/C25H30N6O3S/c1-18-5-3-4-6-21(18)34-17-22-28-29-25(35-22)24(33)27-20-9-7-19(8-10-20)23(32)26-11-12-31-15-13-30(2)14-16-31/h3-10H,11-17H2,1-2H3,(H,26,32)(H,27,33). The van der Waals surface area contributed by atoms with Gasteiger partial charge in [-0.05, 0) is 49.9 Å². The molecule has 2 heterocycles. The van der Waals surface area contributed by atoms with Crippen molar-refractivity contribution in [3.8, 4) is 5.75 Å². The average molecular weight is 495 g/mol. The number of amides is 2. The third-order valence-corrected chi connectivity index (χ3v) is 6.72. The minimum absolute atomic E-state index is 0.126. The van der Waals surface area contributed by atoms with Gasteiger partial charge in [0.25, 0.3) is 11.8 Å². The Hall–Kier alpha value is -3.34. The van der Waals surface area contributed by atoms with Crippen molar-refractivity contribution >= 4 is 28.8 Å². The Kier molecular flexibility index (Phi) is 8.40. The van der Waals surface area contributed by atoms with E-state index in [-0.39, 0.29) is 23.4 Å². The van der Waals surface area contributed by atoms with E-state index >= 15 is 0 Å². The minimum atomic E-state index is -0.353. The number of benzene rings is 2. The van der Waals surface area contributed by atoms with Gasteiger partial charge in [-0.2, -0.15) is 0 Å². The molecule has 1 fully saturated rings. The van der Waals surface area contributed by atoms with Gasteiger partial charge in [0.2, 0.25) is 5.01 Å². The molecule has 0 saturated carbocycles. The van der Waals surface area contributed by atoms with Crippen LogP contribution < -0.4 is 15.4 Å². The van der Waals surface area contributed by atoms with Gasteiger partial charge in [0, 0.05) is 50.5 Å². The van der Waals surface area contributed by atoms with Gasteiger partial charge in [-0.25, -0.2) is 0 Å². The average Bonchev–Trinajstić information content (AvgIpc) is 3.34. The molecule has 0 bridgehead atoms. The molecule has 1 aromatic heterocycles. The van der Waals surface area contributed by atoms with Gasteiger partial charge in [-0.15, -0.1) is 10.2 Å². The molecule has 0 aliphatic carbocycles. The van der Waals surface area contributed by atoms with Crippen LogP contribution in [0.2, 0.25) is 0 Å². The third kappa shape index (κ3) is 7.08. The largest absolute Gasteiger partial charge is 0.486 e. The molecule has 184 valence electrons. The molecule has 4 rings (SSSR count). The molecule has 1 aliphatic heterocycles. The summed E-state index contributed by atoms with van der Waals surface area (Å²) in [5, 5.41) is 14.6. The summed E-state index contributed by atoms with van der Waals surface area (Å²) in [6, 6.07) is 14.5. The normalized spacial score (nSPS) is 14.5. The van der Waals surface area contributed by atoms with Crippen LogP contribution in [0.1, 0.15) is 30.7 Å². The number of anilines is 1. The molecule has 2 N–H and O–H groups in total. The van der Waals surface area contributed by atoms with Gasteiger partial charge in [-0.3, -0.25) is 14.5 Å². The van der Waals surface area contributed by atoms with Gasteiger partial charge in [0.1, 0.15) is 12.4 Å². The van der Waals surface area contributed by atoms with Crippen molar-refractivity contribution < 1.29 is 14.3 Å². The van der Waals surface area contributed by atoms with Crippen LogP contribution in [-0.2, 0) is 6.61 Å². The third-order valence-electron chi connectivity index (χ3n) is 5.82. The lowest BCUT2D eigenvalue weighted by atomic mass is 10.2. The zero-order valence-electron chi connectivity index (χ0n) is 20.0. The number of hydrogen-bond acceptors (Lipinski definition) is 8. The number of carbonyl (C=O) groups is 2. The van der Waals surface area contributed by atoms with Crippen molar-refractivity contribution in [2.75, 3.05) is 51.6 Å². The van der Waals surface area contributed by atoms with Gasteiger partial charge in [0.15, 0.2) is 5.01 Å². The second kappa shape index (κ2) is 11.9. The number of aromatic nitrogens is 2. The molecule has 0 spiro atoms. The zero-order chi connectivity index (χ0) is 24.6. The molecular weight excluding hydrogens is 464 g/mol. The van der Waals surface area contributed by atoms with Crippen LogP contribution in [0.3, 0.4) is 0 Å². The first kappa shape index (κ1) is 24.8. The lowest BCUT2D eigenvalue weighted by Gasteiger charge is -2.32. The smallest absolute Gasteiger partial charge is 0.286 e. The number of rotatable bonds is 9. The molecule has 0 radical (unpaired) electrons. The summed E-state index contributed by atoms with van der Waals surface area (Å²) in [5.41, 5.74) is 2.16. The Balaban J connectivity index is 1.22. The van der Waals surface area contributed by atoms with Crippen molar-refractivity contribution in [2.45, 2.75) is 13.5 Å². The van der Waals surface area contributed by atoms with Crippen LogP contribution in [-0.4, -0.2) is 78.1 Å². The zero-order valence-corrected chi connectivity index (χ0v) is 20.8. The number of carbonyl (C=O) groups excluding carboxylic acids is 2. The van der Waals surface area contributed by atoms with Crippen LogP contribution in [0, 0.1) is 6.92 Å². The fourth-order valence-electron chi connectivity index (χ4n) is 3.65. The lowest BCUT2D eigenvalue weighted by molar-refractivity contribution is 0.0940. The van der Waals surface area contributed by atoms with E-state index < -0.39 is 0 Å². The molecule has 35 heavy (non-hydrogen) atoms. The molecule has 1 aliphatic rings. The van der Waals surface area contributed by atoms with Crippen LogP contribution in [0.5, 0.6) is 5.75 Å². The fraction of sp³-hybridized carbons (Fsp3) is 0.360. The highest BCUT2D eigenvalue weighted by atomic mass is 32.1. The first-order chi connectivity index (χ1) is 17.0. The Morgan fingerprint density at radius 2 is 1.74 bits per heavy atom. The molecule has 1 saturated heterocycles. The summed E-state index contributed by atoms with van der Waals surface area (Å²) in [4.78, 5) is 29.6. The van der Waals surface area contributed by atoms with Crippen molar-refractivity contribution in [2.24, 2.45) is 0 Å². The van der Waals surface area contributed by atoms with Gasteiger partial charge < -0.3 is 20.3 Å². The monoisotopic (exact) mass is 494 g/mol. The molecule has 10 heteroatoms. The first-order valence-electron chi connectivity index (χ1n) is 11.6. The summed E-state index contributed by atoms with van der Waals surface area (Å²) >= 11 is 1.18. The fourth-order valence-corrected chi connectivity index (χ4v) is 4.30. The van der Waals surface area contributed by atoms with Crippen LogP contribution in [0.15, 0.2) is 48.5 Å². The van der Waals surface area contributed by atoms with E-state index in [2.05, 4.69) is 37.7 Å². The van der Waals surface area contributed by atoms with Crippen molar-refractivity contribution in [3.05, 3.63) is 69.7 Å². The summed E-state index contributed by atoms with van der Waals surface area (Å²) in [7, 11) is 2.12. The molecular formula is C25H30N6O3S. The molecule has 2 aromatic carbocycles. The summed E-state index contributed by atoms with van der Waals surface area (Å²) in [6.07, 6.45) is 0. The van der Waals surface area contributed by atoms with Crippen LogP contribution in [0.25, 0.3) is 0 Å². The number of piperazine rings is 1. The van der Waals surface area contributed by atoms with Crippen molar-refractivity contribution in [1.82, 2.24) is 25.3 Å². The molecule has 9 nitrogen and oxygen atoms in total. The number of ether oxygens (including phenoxy) is 1. The minimum Gasteiger partial charge on any atom is -0.486 e.